The molecule has 1 aromatic carbocycles. The molecule has 4 rings (SSSR count). The zero-order valence-electron chi connectivity index (χ0n) is 20.8. The number of ether oxygens (including phenoxy) is 2. The van der Waals surface area contributed by atoms with Crippen molar-refractivity contribution in [2.24, 2.45) is 0 Å². The molecule has 2 heterocycles. The van der Waals surface area contributed by atoms with Gasteiger partial charge in [-0.1, -0.05) is 30.7 Å². The zero-order chi connectivity index (χ0) is 24.8. The van der Waals surface area contributed by atoms with E-state index >= 15 is 0 Å². The molecular formula is C28H35N3O4. The molecule has 3 aliphatic rings. The molecule has 1 aliphatic carbocycles. The molecule has 3 atom stereocenters. The van der Waals surface area contributed by atoms with Crippen LogP contribution in [-0.4, -0.2) is 60.3 Å². The lowest BCUT2D eigenvalue weighted by Crippen LogP contribution is -2.49. The number of benzene rings is 1. The summed E-state index contributed by atoms with van der Waals surface area (Å²) in [5.74, 6) is 0.975. The topological polar surface area (TPSA) is 71.1 Å². The number of carbonyl (C=O) groups is 2. The number of likely N-dealkylation sites (tertiary alicyclic amines) is 1. The van der Waals surface area contributed by atoms with Gasteiger partial charge in [-0.15, -0.1) is 0 Å². The van der Waals surface area contributed by atoms with Crippen LogP contribution < -0.4 is 10.1 Å². The molecule has 186 valence electrons. The molecule has 1 N–H and O–H groups in total. The molecular weight excluding hydrogens is 442 g/mol. The molecule has 35 heavy (non-hydrogen) atoms. The van der Waals surface area contributed by atoms with Gasteiger partial charge in [0.1, 0.15) is 17.8 Å². The van der Waals surface area contributed by atoms with E-state index in [2.05, 4.69) is 24.1 Å². The van der Waals surface area contributed by atoms with Crippen LogP contribution in [0, 0.1) is 0 Å². The number of nitrogens with one attached hydrogen (secondary N) is 1. The first-order valence-electron chi connectivity index (χ1n) is 12.4. The van der Waals surface area contributed by atoms with Crippen LogP contribution >= 0.6 is 0 Å². The van der Waals surface area contributed by atoms with Gasteiger partial charge in [-0.2, -0.15) is 0 Å². The second-order valence-electron chi connectivity index (χ2n) is 9.38. The highest BCUT2D eigenvalue weighted by Gasteiger charge is 2.29. The predicted molar refractivity (Wildman–Crippen MR) is 135 cm³/mol. The quantitative estimate of drug-likeness (QED) is 0.613. The van der Waals surface area contributed by atoms with E-state index in [1.807, 2.05) is 47.6 Å². The Balaban J connectivity index is 1.37. The maximum atomic E-state index is 12.8. The third-order valence-electron chi connectivity index (χ3n) is 6.99. The van der Waals surface area contributed by atoms with E-state index in [0.717, 1.165) is 29.7 Å². The number of ketones is 1. The highest BCUT2D eigenvalue weighted by molar-refractivity contribution is 6.00. The van der Waals surface area contributed by atoms with Crippen LogP contribution in [0.4, 0.5) is 0 Å². The number of rotatable bonds is 8. The molecule has 1 amide bonds. The smallest absolute Gasteiger partial charge is 0.234 e. The Bertz CT molecular complexity index is 1030. The number of nitrogens with zero attached hydrogens (tertiary/aromatic N) is 2. The van der Waals surface area contributed by atoms with E-state index in [9.17, 15) is 9.59 Å². The van der Waals surface area contributed by atoms with Crippen molar-refractivity contribution in [2.45, 2.75) is 51.1 Å². The normalized spacial score (nSPS) is 24.5. The largest absolute Gasteiger partial charge is 0.497 e. The second-order valence-corrected chi connectivity index (χ2v) is 9.38. The van der Waals surface area contributed by atoms with E-state index in [1.165, 1.54) is 6.42 Å². The fraction of sp³-hybridized carbons (Fsp3) is 0.429. The monoisotopic (exact) mass is 477 g/mol. The number of methoxy groups -OCH3 is 1. The van der Waals surface area contributed by atoms with Crippen LogP contribution in [0.5, 0.6) is 5.75 Å². The van der Waals surface area contributed by atoms with Gasteiger partial charge in [0.25, 0.3) is 0 Å². The maximum absolute atomic E-state index is 12.8. The first kappa shape index (κ1) is 24.8. The highest BCUT2D eigenvalue weighted by atomic mass is 16.5. The minimum absolute atomic E-state index is 0.00621. The number of piperidine rings is 1. The van der Waals surface area contributed by atoms with Crippen molar-refractivity contribution < 1.29 is 19.1 Å². The summed E-state index contributed by atoms with van der Waals surface area (Å²) in [5.41, 5.74) is 1.68. The average Bonchev–Trinajstić information content (AvgIpc) is 2.86. The number of amides is 1. The Morgan fingerprint density at radius 1 is 1.17 bits per heavy atom. The van der Waals surface area contributed by atoms with Gasteiger partial charge in [0.15, 0.2) is 5.78 Å². The Labute approximate surface area is 207 Å². The van der Waals surface area contributed by atoms with Crippen LogP contribution in [-0.2, 0) is 14.3 Å². The van der Waals surface area contributed by atoms with Gasteiger partial charge < -0.3 is 19.7 Å². The van der Waals surface area contributed by atoms with Crippen molar-refractivity contribution in [1.82, 2.24) is 15.1 Å². The van der Waals surface area contributed by atoms with Crippen molar-refractivity contribution in [3.8, 4) is 5.75 Å². The lowest BCUT2D eigenvalue weighted by Gasteiger charge is -2.38. The molecule has 1 aromatic rings. The average molecular weight is 478 g/mol. The Morgan fingerprint density at radius 3 is 2.63 bits per heavy atom. The third-order valence-corrected chi connectivity index (χ3v) is 6.99. The van der Waals surface area contributed by atoms with Gasteiger partial charge in [0.2, 0.25) is 5.91 Å². The molecule has 2 aliphatic heterocycles. The van der Waals surface area contributed by atoms with Gasteiger partial charge in [-0.3, -0.25) is 14.5 Å². The number of carbonyl (C=O) groups excluding carboxylic acids is 2. The summed E-state index contributed by atoms with van der Waals surface area (Å²) in [7, 11) is 1.62. The van der Waals surface area contributed by atoms with Gasteiger partial charge >= 0.3 is 0 Å². The van der Waals surface area contributed by atoms with E-state index in [0.29, 0.717) is 37.5 Å². The minimum Gasteiger partial charge on any atom is -0.497 e. The first-order valence-corrected chi connectivity index (χ1v) is 12.4. The number of hydrogen-bond donors (Lipinski definition) is 1. The van der Waals surface area contributed by atoms with E-state index < -0.39 is 5.92 Å². The Hall–Kier alpha value is -3.32. The number of hydrogen-bond acceptors (Lipinski definition) is 6. The molecule has 0 spiro atoms. The summed E-state index contributed by atoms with van der Waals surface area (Å²) in [4.78, 5) is 29.6. The van der Waals surface area contributed by atoms with E-state index in [1.54, 1.807) is 25.5 Å². The van der Waals surface area contributed by atoms with Crippen molar-refractivity contribution in [2.75, 3.05) is 26.7 Å². The molecule has 0 radical (unpaired) electrons. The van der Waals surface area contributed by atoms with Gasteiger partial charge in [-0.05, 0) is 50.5 Å². The molecule has 7 nitrogen and oxygen atoms in total. The second kappa shape index (κ2) is 11.4. The summed E-state index contributed by atoms with van der Waals surface area (Å²) in [6.07, 6.45) is 14.1. The standard InChI is InChI=1S/C28H35N3O4/c1-20-6-4-7-21(2)31(20)19-27(33)29-14-15-30-16-17-35-26(18-30)24-8-5-9-25(32)28(24)22-10-12-23(34-3)13-11-22/h5,8-13,16-18,20-21,28H,4,6-7,14-15,19H2,1-3H3,(H,29,33). The van der Waals surface area contributed by atoms with Crippen molar-refractivity contribution >= 4 is 11.7 Å². The van der Waals surface area contributed by atoms with Gasteiger partial charge in [-0.25, -0.2) is 0 Å². The molecule has 7 heteroatoms. The van der Waals surface area contributed by atoms with Crippen molar-refractivity contribution in [3.05, 3.63) is 78.1 Å². The summed E-state index contributed by atoms with van der Waals surface area (Å²) in [5, 5.41) is 3.05. The SMILES string of the molecule is COc1ccc(C2C(=O)C=CC=C2C2=CN(CCNC(=O)CN3C(C)CCCC3C)C=CO2)cc1. The van der Waals surface area contributed by atoms with Crippen LogP contribution in [0.25, 0.3) is 0 Å². The fourth-order valence-corrected chi connectivity index (χ4v) is 4.98. The summed E-state index contributed by atoms with van der Waals surface area (Å²) in [6.45, 7) is 5.96. The third kappa shape index (κ3) is 6.03. The lowest BCUT2D eigenvalue weighted by atomic mass is 9.83. The lowest BCUT2D eigenvalue weighted by molar-refractivity contribution is -0.123. The predicted octanol–water partition coefficient (Wildman–Crippen LogP) is 3.87. The number of allylic oxidation sites excluding steroid dienone is 4. The summed E-state index contributed by atoms with van der Waals surface area (Å²) >= 11 is 0. The molecule has 1 fully saturated rings. The molecule has 0 aromatic heterocycles. The first-order chi connectivity index (χ1) is 17.0. The van der Waals surface area contributed by atoms with Crippen molar-refractivity contribution in [3.63, 3.8) is 0 Å². The van der Waals surface area contributed by atoms with Crippen LogP contribution in [0.15, 0.2) is 72.5 Å². The molecule has 0 saturated carbocycles. The Kier molecular flexibility index (Phi) is 8.08. The summed E-state index contributed by atoms with van der Waals surface area (Å²) < 4.78 is 11.1. The van der Waals surface area contributed by atoms with Gasteiger partial charge in [0.05, 0.1) is 19.6 Å². The van der Waals surface area contributed by atoms with Crippen LogP contribution in [0.3, 0.4) is 0 Å². The Morgan fingerprint density at radius 2 is 1.91 bits per heavy atom. The molecule has 1 saturated heterocycles. The molecule has 0 bridgehead atoms. The van der Waals surface area contributed by atoms with Crippen LogP contribution in [0.2, 0.25) is 0 Å². The minimum atomic E-state index is -0.446. The van der Waals surface area contributed by atoms with Crippen LogP contribution in [0.1, 0.15) is 44.6 Å². The maximum Gasteiger partial charge on any atom is 0.234 e. The van der Waals surface area contributed by atoms with Gasteiger partial charge in [0, 0.05) is 43.1 Å². The fourth-order valence-electron chi connectivity index (χ4n) is 4.98. The van der Waals surface area contributed by atoms with E-state index in [4.69, 9.17) is 9.47 Å². The highest BCUT2D eigenvalue weighted by Crippen LogP contribution is 2.35. The van der Waals surface area contributed by atoms with E-state index in [-0.39, 0.29) is 11.7 Å². The molecule has 3 unspecified atom stereocenters. The summed E-state index contributed by atoms with van der Waals surface area (Å²) in [6, 6.07) is 8.41. The zero-order valence-corrected chi connectivity index (χ0v) is 20.8. The van der Waals surface area contributed by atoms with Crippen molar-refractivity contribution in [1.29, 1.82) is 0 Å².